The number of rotatable bonds is 1. The van der Waals surface area contributed by atoms with Gasteiger partial charge in [0, 0.05) is 0 Å². The number of halogens is 3. The van der Waals surface area contributed by atoms with E-state index in [1.807, 2.05) is 0 Å². The van der Waals surface area contributed by atoms with Gasteiger partial charge in [0.25, 0.3) is 0 Å². The first-order chi connectivity index (χ1) is 3.42. The second kappa shape index (κ2) is 2.76. The molecule has 0 saturated heterocycles. The van der Waals surface area contributed by atoms with E-state index in [2.05, 4.69) is 0 Å². The maximum Gasteiger partial charge on any atom is 0.359 e. The third-order valence-corrected chi connectivity index (χ3v) is 0.746. The number of alkyl halides is 3. The number of hydrogen-bond acceptors (Lipinski definition) is 1. The molecule has 0 unspecified atom stereocenters. The Bertz CT molecular complexity index is 95.2. The van der Waals surface area contributed by atoms with E-state index < -0.39 is 16.2 Å². The van der Waals surface area contributed by atoms with Crippen LogP contribution in [0.25, 0.3) is 0 Å². The van der Waals surface area contributed by atoms with Crippen LogP contribution >= 0.6 is 34.8 Å². The average Bonchev–Trinajstić information content (AvgIpc) is 1.21. The molecular weight excluding hydrogens is 174 g/mol. The lowest BCUT2D eigenvalue weighted by Crippen LogP contribution is -2.08. The van der Waals surface area contributed by atoms with Gasteiger partial charge in [-0.05, 0) is 0 Å². The molecule has 0 aromatic heterocycles. The monoisotopic (exact) mass is 175 g/mol. The van der Waals surface area contributed by atoms with Crippen molar-refractivity contribution in [2.75, 3.05) is 0 Å². The van der Waals surface area contributed by atoms with Crippen LogP contribution in [0.2, 0.25) is 0 Å². The fourth-order valence-electron chi connectivity index (χ4n) is 0.164. The van der Waals surface area contributed by atoms with Gasteiger partial charge in [-0.2, -0.15) is 0 Å². The van der Waals surface area contributed by atoms with Gasteiger partial charge < -0.3 is 0 Å². The SMILES string of the molecule is [O]C(=O)CC(Cl)(Cl)Cl. The van der Waals surface area contributed by atoms with Crippen molar-refractivity contribution < 1.29 is 9.90 Å². The summed E-state index contributed by atoms with van der Waals surface area (Å²) in [4.78, 5) is 9.65. The summed E-state index contributed by atoms with van der Waals surface area (Å²) in [7, 11) is 0. The summed E-state index contributed by atoms with van der Waals surface area (Å²) in [5.74, 6) is -1.37. The highest BCUT2D eigenvalue weighted by Gasteiger charge is 2.24. The first kappa shape index (κ1) is 8.34. The molecule has 0 aliphatic carbocycles. The van der Waals surface area contributed by atoms with E-state index in [0.29, 0.717) is 0 Å². The average molecular weight is 176 g/mol. The lowest BCUT2D eigenvalue weighted by molar-refractivity contribution is -0.142. The second-order valence-corrected chi connectivity index (χ2v) is 3.68. The summed E-state index contributed by atoms with van der Waals surface area (Å²) in [5, 5.41) is 9.65. The summed E-state index contributed by atoms with van der Waals surface area (Å²) >= 11 is 15.1. The Morgan fingerprint density at radius 1 is 1.38 bits per heavy atom. The largest absolute Gasteiger partial charge is 0.359 e. The Hall–Kier alpha value is 0.340. The van der Waals surface area contributed by atoms with Crippen LogP contribution in [0.1, 0.15) is 6.42 Å². The van der Waals surface area contributed by atoms with Crippen LogP contribution in [0.4, 0.5) is 0 Å². The zero-order valence-electron chi connectivity index (χ0n) is 3.66. The van der Waals surface area contributed by atoms with Gasteiger partial charge in [0.2, 0.25) is 3.79 Å². The van der Waals surface area contributed by atoms with Crippen LogP contribution in [0, 0.1) is 0 Å². The highest BCUT2D eigenvalue weighted by Crippen LogP contribution is 2.29. The van der Waals surface area contributed by atoms with Crippen molar-refractivity contribution in [2.45, 2.75) is 10.2 Å². The Labute approximate surface area is 61.3 Å². The second-order valence-electron chi connectivity index (χ2n) is 1.16. The Balaban J connectivity index is 3.55. The highest BCUT2D eigenvalue weighted by molar-refractivity contribution is 6.68. The van der Waals surface area contributed by atoms with E-state index in [1.54, 1.807) is 0 Å². The molecule has 5 heteroatoms. The fourth-order valence-corrected chi connectivity index (χ4v) is 0.491. The maximum atomic E-state index is 9.65. The Morgan fingerprint density at radius 3 is 1.75 bits per heavy atom. The van der Waals surface area contributed by atoms with Gasteiger partial charge in [-0.3, -0.25) is 0 Å². The quantitative estimate of drug-likeness (QED) is 0.560. The molecule has 0 heterocycles. The van der Waals surface area contributed by atoms with Gasteiger partial charge in [-0.15, -0.1) is 0 Å². The molecule has 0 fully saturated rings. The van der Waals surface area contributed by atoms with Crippen molar-refractivity contribution in [3.05, 3.63) is 0 Å². The number of carbonyl (C=O) groups excluding carboxylic acids is 1. The minimum Gasteiger partial charge on any atom is -0.247 e. The van der Waals surface area contributed by atoms with Crippen molar-refractivity contribution in [3.8, 4) is 0 Å². The molecule has 0 rings (SSSR count). The molecule has 0 aliphatic heterocycles. The lowest BCUT2D eigenvalue weighted by Gasteiger charge is -2.02. The topological polar surface area (TPSA) is 37.0 Å². The van der Waals surface area contributed by atoms with Gasteiger partial charge >= 0.3 is 5.97 Å². The summed E-state index contributed by atoms with van der Waals surface area (Å²) < 4.78 is -1.72. The fraction of sp³-hybridized carbons (Fsp3) is 0.667. The molecule has 0 aliphatic rings. The van der Waals surface area contributed by atoms with Crippen molar-refractivity contribution >= 4 is 40.8 Å². The van der Waals surface area contributed by atoms with E-state index in [-0.39, 0.29) is 0 Å². The van der Waals surface area contributed by atoms with Crippen LogP contribution in [-0.2, 0) is 9.90 Å². The molecule has 0 atom stereocenters. The van der Waals surface area contributed by atoms with Crippen molar-refractivity contribution in [3.63, 3.8) is 0 Å². The molecule has 0 amide bonds. The minimum atomic E-state index is -1.72. The first-order valence-corrected chi connectivity index (χ1v) is 2.82. The Kier molecular flexibility index (Phi) is 2.88. The molecule has 0 aromatic rings. The zero-order chi connectivity index (χ0) is 6.78. The van der Waals surface area contributed by atoms with Gasteiger partial charge in [0.1, 0.15) is 0 Å². The number of hydrogen-bond donors (Lipinski definition) is 0. The van der Waals surface area contributed by atoms with E-state index in [4.69, 9.17) is 34.8 Å². The van der Waals surface area contributed by atoms with Crippen molar-refractivity contribution in [1.82, 2.24) is 0 Å². The summed E-state index contributed by atoms with van der Waals surface area (Å²) in [6, 6.07) is 0. The van der Waals surface area contributed by atoms with Crippen LogP contribution in [-0.4, -0.2) is 9.76 Å². The van der Waals surface area contributed by atoms with E-state index >= 15 is 0 Å². The molecule has 2 nitrogen and oxygen atoms in total. The molecule has 0 saturated carbocycles. The highest BCUT2D eigenvalue weighted by atomic mass is 35.6. The Morgan fingerprint density at radius 2 is 1.75 bits per heavy atom. The van der Waals surface area contributed by atoms with E-state index in [1.165, 1.54) is 0 Å². The van der Waals surface area contributed by atoms with Crippen molar-refractivity contribution in [2.24, 2.45) is 0 Å². The van der Waals surface area contributed by atoms with Gasteiger partial charge in [0.15, 0.2) is 0 Å². The molecule has 0 bridgehead atoms. The molecule has 0 spiro atoms. The van der Waals surface area contributed by atoms with Gasteiger partial charge in [-0.1, -0.05) is 34.8 Å². The standard InChI is InChI=1S/C3H2Cl3O2/c4-3(5,6)1-2(7)8/h1H2. The summed E-state index contributed by atoms with van der Waals surface area (Å²) in [6.45, 7) is 0. The number of carbonyl (C=O) groups is 1. The van der Waals surface area contributed by atoms with Crippen LogP contribution in [0.3, 0.4) is 0 Å². The van der Waals surface area contributed by atoms with Crippen LogP contribution in [0.15, 0.2) is 0 Å². The third-order valence-electron chi connectivity index (χ3n) is 0.345. The van der Waals surface area contributed by atoms with E-state index in [9.17, 15) is 9.90 Å². The van der Waals surface area contributed by atoms with Crippen LogP contribution < -0.4 is 0 Å². The molecule has 8 heavy (non-hydrogen) atoms. The molecule has 0 N–H and O–H groups in total. The zero-order valence-corrected chi connectivity index (χ0v) is 5.93. The lowest BCUT2D eigenvalue weighted by atomic mass is 10.5. The summed E-state index contributed by atoms with van der Waals surface area (Å²) in [6.07, 6.45) is -0.572. The van der Waals surface area contributed by atoms with Crippen molar-refractivity contribution in [1.29, 1.82) is 0 Å². The third kappa shape index (κ3) is 6.34. The smallest absolute Gasteiger partial charge is 0.247 e. The predicted molar refractivity (Wildman–Crippen MR) is 30.6 cm³/mol. The first-order valence-electron chi connectivity index (χ1n) is 1.68. The summed E-state index contributed by atoms with van der Waals surface area (Å²) in [5.41, 5.74) is 0. The minimum absolute atomic E-state index is 0.572. The van der Waals surface area contributed by atoms with Gasteiger partial charge in [-0.25, -0.2) is 9.90 Å². The van der Waals surface area contributed by atoms with E-state index in [0.717, 1.165) is 0 Å². The molecular formula is C3H2Cl3O2. The molecule has 0 aromatic carbocycles. The predicted octanol–water partition coefficient (Wildman–Crippen LogP) is 1.70. The maximum absolute atomic E-state index is 9.65. The van der Waals surface area contributed by atoms with Crippen LogP contribution in [0.5, 0.6) is 0 Å². The normalized spacial score (nSPS) is 11.4. The molecule has 1 radical (unpaired) electrons. The van der Waals surface area contributed by atoms with Gasteiger partial charge in [0.05, 0.1) is 6.42 Å². The molecule has 47 valence electrons.